The van der Waals surface area contributed by atoms with E-state index in [2.05, 4.69) is 20.0 Å². The molecule has 18 heavy (non-hydrogen) atoms. The Morgan fingerprint density at radius 2 is 2.50 bits per heavy atom. The Balaban J connectivity index is 2.18. The van der Waals surface area contributed by atoms with Crippen molar-refractivity contribution < 1.29 is 4.79 Å². The molecule has 9 heteroatoms. The van der Waals surface area contributed by atoms with Crippen molar-refractivity contribution in [3.05, 3.63) is 21.9 Å². The summed E-state index contributed by atoms with van der Waals surface area (Å²) >= 11 is 5.60. The molecule has 0 aromatic carbocycles. The van der Waals surface area contributed by atoms with E-state index >= 15 is 0 Å². The van der Waals surface area contributed by atoms with Crippen LogP contribution in [0.5, 0.6) is 0 Å². The fourth-order valence-corrected chi connectivity index (χ4v) is 2.00. The van der Waals surface area contributed by atoms with Crippen molar-refractivity contribution in [2.75, 3.05) is 23.7 Å². The van der Waals surface area contributed by atoms with Crippen LogP contribution in [0, 0.1) is 5.92 Å². The molecular formula is C9H10ClN7O. The van der Waals surface area contributed by atoms with Crippen LogP contribution < -0.4 is 10.6 Å². The van der Waals surface area contributed by atoms with Crippen LogP contribution in [-0.4, -0.2) is 29.0 Å². The molecule has 0 saturated carbocycles. The number of amides is 1. The van der Waals surface area contributed by atoms with Crippen LogP contribution in [0.25, 0.3) is 10.4 Å². The number of hydrogen-bond donors (Lipinski definition) is 1. The number of halogens is 1. The van der Waals surface area contributed by atoms with E-state index in [-0.39, 0.29) is 29.5 Å². The number of azide groups is 1. The van der Waals surface area contributed by atoms with Crippen LogP contribution >= 0.6 is 11.6 Å². The lowest BCUT2D eigenvalue weighted by molar-refractivity contribution is -0.117. The van der Waals surface area contributed by atoms with E-state index in [0.29, 0.717) is 18.7 Å². The summed E-state index contributed by atoms with van der Waals surface area (Å²) in [6, 6.07) is 0. The molecule has 2 rings (SSSR count). The van der Waals surface area contributed by atoms with Gasteiger partial charge in [-0.25, -0.2) is 4.98 Å². The summed E-state index contributed by atoms with van der Waals surface area (Å²) in [4.78, 5) is 23.6. The Hall–Kier alpha value is -2.05. The van der Waals surface area contributed by atoms with Gasteiger partial charge in [-0.05, 0) is 23.0 Å². The van der Waals surface area contributed by atoms with Crippen molar-refractivity contribution in [2.45, 2.75) is 6.42 Å². The van der Waals surface area contributed by atoms with Gasteiger partial charge < -0.3 is 10.6 Å². The minimum atomic E-state index is -0.0919. The molecule has 1 saturated heterocycles. The zero-order valence-corrected chi connectivity index (χ0v) is 10.1. The average molecular weight is 268 g/mol. The summed E-state index contributed by atoms with van der Waals surface area (Å²) in [7, 11) is 0. The molecule has 1 aliphatic rings. The molecule has 1 aromatic heterocycles. The molecule has 1 aliphatic heterocycles. The summed E-state index contributed by atoms with van der Waals surface area (Å²) in [6.07, 6.45) is 1.74. The highest BCUT2D eigenvalue weighted by atomic mass is 35.5. The summed E-state index contributed by atoms with van der Waals surface area (Å²) < 4.78 is 0. The van der Waals surface area contributed by atoms with Crippen LogP contribution in [0.4, 0.5) is 11.5 Å². The van der Waals surface area contributed by atoms with Gasteiger partial charge >= 0.3 is 0 Å². The van der Waals surface area contributed by atoms with Crippen molar-refractivity contribution in [3.8, 4) is 0 Å². The molecule has 0 aliphatic carbocycles. The van der Waals surface area contributed by atoms with Crippen molar-refractivity contribution >= 4 is 29.0 Å². The van der Waals surface area contributed by atoms with E-state index in [0.717, 1.165) is 0 Å². The second kappa shape index (κ2) is 5.07. The van der Waals surface area contributed by atoms with Crippen LogP contribution in [-0.2, 0) is 4.79 Å². The molecule has 1 amide bonds. The maximum Gasteiger partial charge on any atom is 0.227 e. The zero-order chi connectivity index (χ0) is 13.1. The Morgan fingerprint density at radius 1 is 1.72 bits per heavy atom. The van der Waals surface area contributed by atoms with Crippen LogP contribution in [0.15, 0.2) is 11.3 Å². The number of nitrogens with zero attached hydrogens (tertiary/aromatic N) is 6. The lowest BCUT2D eigenvalue weighted by atomic mass is 10.1. The summed E-state index contributed by atoms with van der Waals surface area (Å²) in [5, 5.41) is 3.51. The molecular weight excluding hydrogens is 258 g/mol. The van der Waals surface area contributed by atoms with Gasteiger partial charge in [0.25, 0.3) is 0 Å². The predicted octanol–water partition coefficient (Wildman–Crippen LogP) is 1.38. The third-order valence-corrected chi connectivity index (χ3v) is 2.85. The number of carbonyl (C=O) groups is 1. The van der Waals surface area contributed by atoms with E-state index < -0.39 is 0 Å². The highest BCUT2D eigenvalue weighted by Gasteiger charge is 2.31. The molecule has 8 nitrogen and oxygen atoms in total. The molecule has 1 aromatic rings. The van der Waals surface area contributed by atoms with Gasteiger partial charge in [0.15, 0.2) is 5.82 Å². The van der Waals surface area contributed by atoms with Gasteiger partial charge in [-0.1, -0.05) is 5.11 Å². The Kier molecular flexibility index (Phi) is 3.50. The van der Waals surface area contributed by atoms with Crippen molar-refractivity contribution in [3.63, 3.8) is 0 Å². The number of hydrogen-bond acceptors (Lipinski definition) is 5. The van der Waals surface area contributed by atoms with E-state index in [4.69, 9.17) is 22.9 Å². The maximum absolute atomic E-state index is 11.8. The number of nitrogens with two attached hydrogens (primary N) is 1. The van der Waals surface area contributed by atoms with E-state index in [1.807, 2.05) is 0 Å². The van der Waals surface area contributed by atoms with E-state index in [9.17, 15) is 4.79 Å². The van der Waals surface area contributed by atoms with Gasteiger partial charge in [0.1, 0.15) is 5.69 Å². The van der Waals surface area contributed by atoms with Gasteiger partial charge in [-0.3, -0.25) is 4.79 Å². The van der Waals surface area contributed by atoms with Crippen LogP contribution in [0.2, 0.25) is 5.28 Å². The highest BCUT2D eigenvalue weighted by Crippen LogP contribution is 2.28. The van der Waals surface area contributed by atoms with Crippen LogP contribution in [0.3, 0.4) is 0 Å². The standard InChI is InChI=1S/C9H10ClN7O/c10-9-13-3-6(8(11)15-9)17-4-5(1-7(17)18)2-14-16-12/h3,5H,1-2,4H2,(H2,11,13,15). The van der Waals surface area contributed by atoms with Gasteiger partial charge in [-0.2, -0.15) is 4.98 Å². The predicted molar refractivity (Wildman–Crippen MR) is 65.9 cm³/mol. The lowest BCUT2D eigenvalue weighted by Gasteiger charge is -2.17. The quantitative estimate of drug-likeness (QED) is 0.385. The number of nitrogen functional groups attached to an aromatic ring is 1. The second-order valence-electron chi connectivity index (χ2n) is 3.90. The first-order chi connectivity index (χ1) is 8.61. The Labute approximate surface area is 107 Å². The number of rotatable bonds is 3. The molecule has 1 unspecified atom stereocenters. The first kappa shape index (κ1) is 12.4. The normalized spacial score (nSPS) is 18.8. The third-order valence-electron chi connectivity index (χ3n) is 2.67. The summed E-state index contributed by atoms with van der Waals surface area (Å²) in [5.41, 5.74) is 14.4. The fraction of sp³-hybridized carbons (Fsp3) is 0.444. The molecule has 94 valence electrons. The number of carbonyl (C=O) groups excluding carboxylic acids is 1. The van der Waals surface area contributed by atoms with Gasteiger partial charge in [0.05, 0.1) is 6.20 Å². The first-order valence-electron chi connectivity index (χ1n) is 5.21. The fourth-order valence-electron chi connectivity index (χ4n) is 1.86. The molecule has 0 radical (unpaired) electrons. The highest BCUT2D eigenvalue weighted by molar-refractivity contribution is 6.28. The smallest absolute Gasteiger partial charge is 0.227 e. The minimum absolute atomic E-state index is 0.0107. The molecule has 0 bridgehead atoms. The SMILES string of the molecule is [N-]=[N+]=NCC1CC(=O)N(c2cnc(Cl)nc2N)C1. The average Bonchev–Trinajstić information content (AvgIpc) is 2.68. The minimum Gasteiger partial charge on any atom is -0.382 e. The van der Waals surface area contributed by atoms with Crippen LogP contribution in [0.1, 0.15) is 6.42 Å². The largest absolute Gasteiger partial charge is 0.382 e. The molecule has 2 heterocycles. The molecule has 2 N–H and O–H groups in total. The monoisotopic (exact) mass is 267 g/mol. The zero-order valence-electron chi connectivity index (χ0n) is 9.32. The number of anilines is 2. The Bertz CT molecular complexity index is 528. The Morgan fingerprint density at radius 3 is 3.17 bits per heavy atom. The summed E-state index contributed by atoms with van der Waals surface area (Å²) in [5.74, 6) is 0.0574. The summed E-state index contributed by atoms with van der Waals surface area (Å²) in [6.45, 7) is 0.722. The molecule has 0 spiro atoms. The third kappa shape index (κ3) is 2.44. The van der Waals surface area contributed by atoms with Gasteiger partial charge in [-0.15, -0.1) is 0 Å². The topological polar surface area (TPSA) is 121 Å². The maximum atomic E-state index is 11.8. The van der Waals surface area contributed by atoms with Crippen molar-refractivity contribution in [2.24, 2.45) is 11.0 Å². The van der Waals surface area contributed by atoms with Crippen molar-refractivity contribution in [1.82, 2.24) is 9.97 Å². The molecule has 1 fully saturated rings. The van der Waals surface area contributed by atoms with E-state index in [1.54, 1.807) is 0 Å². The number of aromatic nitrogens is 2. The van der Waals surface area contributed by atoms with Gasteiger partial charge in [0, 0.05) is 24.4 Å². The van der Waals surface area contributed by atoms with Crippen molar-refractivity contribution in [1.29, 1.82) is 0 Å². The first-order valence-corrected chi connectivity index (χ1v) is 5.59. The lowest BCUT2D eigenvalue weighted by Crippen LogP contribution is -2.26. The molecule has 1 atom stereocenters. The van der Waals surface area contributed by atoms with Gasteiger partial charge in [0.2, 0.25) is 11.2 Å². The van der Waals surface area contributed by atoms with E-state index in [1.165, 1.54) is 11.1 Å². The second-order valence-corrected chi connectivity index (χ2v) is 4.24.